The van der Waals surface area contributed by atoms with Crippen LogP contribution in [0.4, 0.5) is 5.95 Å². The third-order valence-electron chi connectivity index (χ3n) is 5.83. The van der Waals surface area contributed by atoms with Crippen molar-refractivity contribution in [1.29, 1.82) is 0 Å². The van der Waals surface area contributed by atoms with Crippen LogP contribution in [0.1, 0.15) is 44.6 Å². The van der Waals surface area contributed by atoms with Crippen LogP contribution in [0.25, 0.3) is 17.1 Å². The molecule has 2 aromatic heterocycles. The van der Waals surface area contributed by atoms with Gasteiger partial charge in [0.25, 0.3) is 5.91 Å². The number of primary amides is 1. The number of fused-ring (bicyclic) bond motifs is 1. The second-order valence-corrected chi connectivity index (χ2v) is 8.11. The van der Waals surface area contributed by atoms with E-state index < -0.39 is 5.91 Å². The minimum absolute atomic E-state index is 0.274. The van der Waals surface area contributed by atoms with Crippen LogP contribution >= 0.6 is 0 Å². The first-order valence-corrected chi connectivity index (χ1v) is 11.3. The van der Waals surface area contributed by atoms with Gasteiger partial charge < -0.3 is 15.0 Å². The summed E-state index contributed by atoms with van der Waals surface area (Å²) in [6.45, 7) is 4.36. The van der Waals surface area contributed by atoms with Crippen molar-refractivity contribution in [3.63, 3.8) is 0 Å². The first-order valence-electron chi connectivity index (χ1n) is 11.3. The zero-order chi connectivity index (χ0) is 25.1. The predicted molar refractivity (Wildman–Crippen MR) is 136 cm³/mol. The Kier molecular flexibility index (Phi) is 6.68. The highest BCUT2D eigenvalue weighted by Gasteiger charge is 2.23. The summed E-state index contributed by atoms with van der Waals surface area (Å²) in [6, 6.07) is 13.2. The molecule has 0 spiro atoms. The fourth-order valence-electron chi connectivity index (χ4n) is 4.07. The highest BCUT2D eigenvalue weighted by atomic mass is 16.5. The number of anilines is 1. The van der Waals surface area contributed by atoms with Crippen molar-refractivity contribution in [3.05, 3.63) is 76.6 Å². The number of nitrogens with two attached hydrogens (primary N) is 1. The Morgan fingerprint density at radius 1 is 1.20 bits per heavy atom. The molecule has 0 atom stereocenters. The minimum Gasteiger partial charge on any atom is -0.494 e. The van der Waals surface area contributed by atoms with E-state index in [-0.39, 0.29) is 11.5 Å². The van der Waals surface area contributed by atoms with Gasteiger partial charge in [0.05, 0.1) is 18.3 Å². The molecule has 0 aliphatic heterocycles. The molecule has 2 amide bonds. The summed E-state index contributed by atoms with van der Waals surface area (Å²) in [5, 5.41) is 7.45. The lowest BCUT2D eigenvalue weighted by molar-refractivity contribution is 0.0995. The number of ether oxygens (including phenoxy) is 1. The van der Waals surface area contributed by atoms with Gasteiger partial charge in [-0.2, -0.15) is 5.10 Å². The average Bonchev–Trinajstić information content (AvgIpc) is 3.34. The largest absolute Gasteiger partial charge is 0.494 e. The van der Waals surface area contributed by atoms with Gasteiger partial charge in [-0.3, -0.25) is 19.6 Å². The van der Waals surface area contributed by atoms with E-state index in [0.29, 0.717) is 35.0 Å². The molecular formula is C26H28N6O3. The van der Waals surface area contributed by atoms with Crippen LogP contribution in [0.3, 0.4) is 0 Å². The van der Waals surface area contributed by atoms with Crippen molar-refractivity contribution in [2.24, 2.45) is 12.8 Å². The van der Waals surface area contributed by atoms with Crippen LogP contribution in [0.2, 0.25) is 0 Å². The van der Waals surface area contributed by atoms with Crippen LogP contribution < -0.4 is 15.8 Å². The maximum Gasteiger partial charge on any atom is 0.276 e. The third kappa shape index (κ3) is 4.65. The normalized spacial score (nSPS) is 11.3. The smallest absolute Gasteiger partial charge is 0.276 e. The molecular weight excluding hydrogens is 444 g/mol. The zero-order valence-corrected chi connectivity index (χ0v) is 20.2. The molecule has 0 fully saturated rings. The van der Waals surface area contributed by atoms with Crippen molar-refractivity contribution in [1.82, 2.24) is 19.3 Å². The minimum atomic E-state index is -0.587. The molecule has 9 nitrogen and oxygen atoms in total. The maximum atomic E-state index is 13.5. The lowest BCUT2D eigenvalue weighted by Crippen LogP contribution is -2.20. The Morgan fingerprint density at radius 3 is 2.60 bits per heavy atom. The number of nitrogens with zero attached hydrogens (tertiary/aromatic N) is 4. The Balaban J connectivity index is 1.68. The third-order valence-corrected chi connectivity index (χ3v) is 5.83. The molecule has 0 saturated carbocycles. The Labute approximate surface area is 203 Å². The number of carbonyl (C=O) groups excluding carboxylic acids is 2. The monoisotopic (exact) mass is 472 g/mol. The molecule has 0 bridgehead atoms. The number of rotatable bonds is 8. The lowest BCUT2D eigenvalue weighted by atomic mass is 10.1. The average molecular weight is 473 g/mol. The van der Waals surface area contributed by atoms with E-state index in [1.54, 1.807) is 28.4 Å². The number of benzene rings is 2. The second-order valence-electron chi connectivity index (χ2n) is 8.11. The van der Waals surface area contributed by atoms with E-state index in [4.69, 9.17) is 10.5 Å². The highest BCUT2D eigenvalue weighted by molar-refractivity contribution is 6.06. The van der Waals surface area contributed by atoms with Crippen molar-refractivity contribution in [3.8, 4) is 5.75 Å². The predicted octanol–water partition coefficient (Wildman–Crippen LogP) is 3.71. The van der Waals surface area contributed by atoms with E-state index in [1.807, 2.05) is 44.2 Å². The summed E-state index contributed by atoms with van der Waals surface area (Å²) in [4.78, 5) is 29.7. The molecule has 0 unspecified atom stereocenters. The molecule has 180 valence electrons. The highest BCUT2D eigenvalue weighted by Crippen LogP contribution is 2.30. The van der Waals surface area contributed by atoms with Gasteiger partial charge in [-0.25, -0.2) is 4.98 Å². The quantitative estimate of drug-likeness (QED) is 0.405. The number of amides is 2. The van der Waals surface area contributed by atoms with Gasteiger partial charge in [-0.1, -0.05) is 42.5 Å². The summed E-state index contributed by atoms with van der Waals surface area (Å²) < 4.78 is 8.83. The standard InChI is InChI=1S/C26H28N6O3/c1-5-32-22(19(16(2)30-32)13-9-12-17-10-7-6-8-11-17)25(34)29-26-28-20-14-18(24(27)33)15-21(35-4)23(20)31(26)3/h6-11,13-15H,5,12H2,1-4H3,(H2,27,33)(H,28,29,34)/b13-9+. The van der Waals surface area contributed by atoms with Crippen LogP contribution in [0, 0.1) is 6.92 Å². The molecule has 0 aliphatic carbocycles. The number of hydrogen-bond acceptors (Lipinski definition) is 5. The number of aryl methyl sites for hydroxylation is 3. The summed E-state index contributed by atoms with van der Waals surface area (Å²) in [7, 11) is 3.27. The fourth-order valence-corrected chi connectivity index (χ4v) is 4.07. The van der Waals surface area contributed by atoms with Gasteiger partial charge in [-0.15, -0.1) is 0 Å². The molecule has 4 aromatic rings. The van der Waals surface area contributed by atoms with E-state index in [1.165, 1.54) is 12.7 Å². The summed E-state index contributed by atoms with van der Waals surface area (Å²) in [5.41, 5.74) is 9.99. The maximum absolute atomic E-state index is 13.5. The Morgan fingerprint density at radius 2 is 1.94 bits per heavy atom. The molecule has 0 saturated heterocycles. The number of allylic oxidation sites excluding steroid dienone is 1. The molecule has 0 aliphatic rings. The SMILES string of the molecule is CCn1nc(C)c(/C=C/Cc2ccccc2)c1C(=O)Nc1nc2cc(C(N)=O)cc(OC)c2n1C. The number of imidazole rings is 1. The molecule has 3 N–H and O–H groups in total. The van der Waals surface area contributed by atoms with Crippen molar-refractivity contribution < 1.29 is 14.3 Å². The van der Waals surface area contributed by atoms with Crippen LogP contribution in [-0.4, -0.2) is 38.3 Å². The van der Waals surface area contributed by atoms with Gasteiger partial charge in [0.1, 0.15) is 17.0 Å². The topological polar surface area (TPSA) is 117 Å². The van der Waals surface area contributed by atoms with Crippen LogP contribution in [0.5, 0.6) is 5.75 Å². The number of aromatic nitrogens is 4. The molecule has 0 radical (unpaired) electrons. The molecule has 2 aromatic carbocycles. The Bertz CT molecular complexity index is 1430. The zero-order valence-electron chi connectivity index (χ0n) is 20.2. The van der Waals surface area contributed by atoms with E-state index in [2.05, 4.69) is 27.5 Å². The summed E-state index contributed by atoms with van der Waals surface area (Å²) in [5.74, 6) is -0.175. The van der Waals surface area contributed by atoms with Crippen molar-refractivity contribution >= 4 is 34.9 Å². The first kappa shape index (κ1) is 23.7. The number of nitrogens with one attached hydrogen (secondary N) is 1. The van der Waals surface area contributed by atoms with Crippen LogP contribution in [-0.2, 0) is 20.0 Å². The number of hydrogen-bond donors (Lipinski definition) is 2. The molecule has 35 heavy (non-hydrogen) atoms. The summed E-state index contributed by atoms with van der Waals surface area (Å²) in [6.07, 6.45) is 4.71. The Hall–Kier alpha value is -4.40. The van der Waals surface area contributed by atoms with Crippen molar-refractivity contribution in [2.75, 3.05) is 12.4 Å². The molecule has 2 heterocycles. The van der Waals surface area contributed by atoms with Crippen LogP contribution in [0.15, 0.2) is 48.5 Å². The van der Waals surface area contributed by atoms with E-state index in [9.17, 15) is 9.59 Å². The van der Waals surface area contributed by atoms with Gasteiger partial charge in [0.2, 0.25) is 11.9 Å². The molecule has 4 rings (SSSR count). The van der Waals surface area contributed by atoms with Crippen molar-refractivity contribution in [2.45, 2.75) is 26.8 Å². The first-order chi connectivity index (χ1) is 16.8. The van der Waals surface area contributed by atoms with Gasteiger partial charge in [-0.05, 0) is 38.0 Å². The summed E-state index contributed by atoms with van der Waals surface area (Å²) >= 11 is 0. The van der Waals surface area contributed by atoms with Gasteiger partial charge in [0.15, 0.2) is 0 Å². The van der Waals surface area contributed by atoms with Gasteiger partial charge in [0, 0.05) is 24.7 Å². The number of methoxy groups -OCH3 is 1. The van der Waals surface area contributed by atoms with Gasteiger partial charge >= 0.3 is 0 Å². The molecule has 9 heteroatoms. The fraction of sp³-hybridized carbons (Fsp3) is 0.231. The van der Waals surface area contributed by atoms with E-state index >= 15 is 0 Å². The second kappa shape index (κ2) is 9.84. The lowest BCUT2D eigenvalue weighted by Gasteiger charge is -2.09. The van der Waals surface area contributed by atoms with E-state index in [0.717, 1.165) is 17.7 Å². The number of carbonyl (C=O) groups is 2.